The molecule has 2 saturated heterocycles. The molecule has 1 aromatic rings. The predicted octanol–water partition coefficient (Wildman–Crippen LogP) is 2.47. The summed E-state index contributed by atoms with van der Waals surface area (Å²) in [4.78, 5) is 0. The molecule has 0 spiro atoms. The van der Waals surface area contributed by atoms with Gasteiger partial charge in [0.05, 0.1) is 11.2 Å². The van der Waals surface area contributed by atoms with E-state index in [9.17, 15) is 8.42 Å². The molecular weight excluding hydrogens is 345 g/mol. The lowest BCUT2D eigenvalue weighted by Crippen LogP contribution is -2.41. The van der Waals surface area contributed by atoms with E-state index in [4.69, 9.17) is 9.31 Å². The molecule has 134 valence electrons. The van der Waals surface area contributed by atoms with Crippen LogP contribution in [0.4, 0.5) is 0 Å². The number of sulfonamides is 1. The lowest BCUT2D eigenvalue weighted by molar-refractivity contribution is 0.00578. The Balaban J connectivity index is 1.81. The van der Waals surface area contributed by atoms with Crippen molar-refractivity contribution in [2.45, 2.75) is 62.9 Å². The molecule has 1 unspecified atom stereocenters. The number of rotatable bonds is 3. The fourth-order valence-corrected chi connectivity index (χ4v) is 6.09. The zero-order valence-electron chi connectivity index (χ0n) is 15.0. The summed E-state index contributed by atoms with van der Waals surface area (Å²) in [6.45, 7) is 11.3. The highest BCUT2D eigenvalue weighted by Gasteiger charge is 2.52. The maximum atomic E-state index is 12.9. The van der Waals surface area contributed by atoms with Gasteiger partial charge in [0.25, 0.3) is 10.0 Å². The van der Waals surface area contributed by atoms with Crippen LogP contribution in [0.5, 0.6) is 0 Å². The van der Waals surface area contributed by atoms with Gasteiger partial charge in [-0.15, -0.1) is 11.3 Å². The molecule has 2 aliphatic rings. The van der Waals surface area contributed by atoms with Gasteiger partial charge in [-0.1, -0.05) is 13.0 Å². The monoisotopic (exact) mass is 371 g/mol. The normalized spacial score (nSPS) is 27.5. The smallest absolute Gasteiger partial charge is 0.399 e. The van der Waals surface area contributed by atoms with Gasteiger partial charge in [0.2, 0.25) is 0 Å². The van der Waals surface area contributed by atoms with Crippen LogP contribution in [0.1, 0.15) is 47.5 Å². The largest absolute Gasteiger partial charge is 0.505 e. The molecule has 24 heavy (non-hydrogen) atoms. The zero-order chi connectivity index (χ0) is 17.8. The molecule has 0 bridgehead atoms. The number of nitrogens with zero attached hydrogens (tertiary/aromatic N) is 1. The van der Waals surface area contributed by atoms with Gasteiger partial charge in [0.1, 0.15) is 4.21 Å². The van der Waals surface area contributed by atoms with Crippen molar-refractivity contribution in [2.75, 3.05) is 13.1 Å². The van der Waals surface area contributed by atoms with E-state index >= 15 is 0 Å². The van der Waals surface area contributed by atoms with Crippen LogP contribution in [0.15, 0.2) is 16.3 Å². The number of hydrogen-bond acceptors (Lipinski definition) is 5. The lowest BCUT2D eigenvalue weighted by Gasteiger charge is -2.32. The van der Waals surface area contributed by atoms with Gasteiger partial charge in [-0.05, 0) is 52.5 Å². The molecule has 1 atom stereocenters. The Morgan fingerprint density at radius 2 is 1.83 bits per heavy atom. The fourth-order valence-electron chi connectivity index (χ4n) is 3.05. The SMILES string of the molecule is CC1CCCN(S(=O)(=O)c2ccc(B3OC(C)(C)C(C)(C)O3)s2)C1. The van der Waals surface area contributed by atoms with E-state index < -0.39 is 28.3 Å². The summed E-state index contributed by atoms with van der Waals surface area (Å²) in [6, 6.07) is 3.49. The first kappa shape index (κ1) is 18.4. The van der Waals surface area contributed by atoms with Crippen LogP contribution >= 0.6 is 11.3 Å². The van der Waals surface area contributed by atoms with E-state index in [1.54, 1.807) is 10.4 Å². The Bertz CT molecular complexity index is 697. The molecule has 0 aromatic carbocycles. The minimum Gasteiger partial charge on any atom is -0.399 e. The second-order valence-electron chi connectivity index (χ2n) is 7.86. The number of hydrogen-bond donors (Lipinski definition) is 0. The Kier molecular flexibility index (Phi) is 4.67. The van der Waals surface area contributed by atoms with Crippen molar-refractivity contribution in [2.24, 2.45) is 5.92 Å². The highest BCUT2D eigenvalue weighted by Crippen LogP contribution is 2.37. The summed E-state index contributed by atoms with van der Waals surface area (Å²) in [5.74, 6) is 0.413. The molecule has 0 radical (unpaired) electrons. The first-order valence-electron chi connectivity index (χ1n) is 8.48. The van der Waals surface area contributed by atoms with Crippen molar-refractivity contribution in [3.63, 3.8) is 0 Å². The highest BCUT2D eigenvalue weighted by atomic mass is 32.2. The molecule has 2 aliphatic heterocycles. The van der Waals surface area contributed by atoms with Crippen LogP contribution in [0.3, 0.4) is 0 Å². The maximum absolute atomic E-state index is 12.9. The molecule has 0 amide bonds. The third kappa shape index (κ3) is 3.19. The third-order valence-electron chi connectivity index (χ3n) is 5.30. The standard InChI is InChI=1S/C16H26BNO4S2/c1-12-7-6-10-18(11-12)24(19,20)14-9-8-13(23-14)17-21-15(2,3)16(4,5)22-17/h8-9,12H,6-7,10-11H2,1-5H3. The summed E-state index contributed by atoms with van der Waals surface area (Å²) in [7, 11) is -3.93. The van der Waals surface area contributed by atoms with Crippen LogP contribution in [0.25, 0.3) is 0 Å². The van der Waals surface area contributed by atoms with Crippen LogP contribution < -0.4 is 4.78 Å². The maximum Gasteiger partial charge on any atom is 0.505 e. The zero-order valence-corrected chi connectivity index (χ0v) is 16.7. The van der Waals surface area contributed by atoms with Gasteiger partial charge in [0.15, 0.2) is 0 Å². The molecule has 3 rings (SSSR count). The molecule has 1 aromatic heterocycles. The average Bonchev–Trinajstić information content (AvgIpc) is 3.03. The van der Waals surface area contributed by atoms with E-state index in [1.165, 1.54) is 11.3 Å². The van der Waals surface area contributed by atoms with Crippen LogP contribution in [0, 0.1) is 5.92 Å². The van der Waals surface area contributed by atoms with E-state index in [0.717, 1.165) is 17.6 Å². The Morgan fingerprint density at radius 1 is 1.21 bits per heavy atom. The Morgan fingerprint density at radius 3 is 2.42 bits per heavy atom. The summed E-state index contributed by atoms with van der Waals surface area (Å²) < 4.78 is 40.6. The molecule has 0 N–H and O–H groups in total. The van der Waals surface area contributed by atoms with Gasteiger partial charge < -0.3 is 9.31 Å². The molecule has 2 fully saturated rings. The van der Waals surface area contributed by atoms with Gasteiger partial charge in [0, 0.05) is 17.9 Å². The van der Waals surface area contributed by atoms with E-state index in [1.807, 2.05) is 33.8 Å². The summed E-state index contributed by atoms with van der Waals surface area (Å²) in [5.41, 5.74) is -0.855. The first-order chi connectivity index (χ1) is 11.0. The van der Waals surface area contributed by atoms with Crippen LogP contribution in [-0.4, -0.2) is 44.1 Å². The van der Waals surface area contributed by atoms with Gasteiger partial charge in [-0.2, -0.15) is 4.31 Å². The summed E-state index contributed by atoms with van der Waals surface area (Å²) in [6.07, 6.45) is 2.02. The van der Waals surface area contributed by atoms with E-state index in [-0.39, 0.29) is 0 Å². The minimum atomic E-state index is -3.42. The molecule has 0 saturated carbocycles. The van der Waals surface area contributed by atoms with E-state index in [0.29, 0.717) is 23.2 Å². The second-order valence-corrected chi connectivity index (χ2v) is 11.1. The quantitative estimate of drug-likeness (QED) is 0.766. The number of piperidine rings is 1. The summed E-state index contributed by atoms with van der Waals surface area (Å²) in [5, 5.41) is 0. The van der Waals surface area contributed by atoms with Crippen LogP contribution in [-0.2, 0) is 19.3 Å². The fraction of sp³-hybridized carbons (Fsp3) is 0.750. The Hall–Kier alpha value is -0.405. The van der Waals surface area contributed by atoms with Crippen molar-refractivity contribution < 1.29 is 17.7 Å². The highest BCUT2D eigenvalue weighted by molar-refractivity contribution is 7.91. The van der Waals surface area contributed by atoms with Gasteiger partial charge in [-0.3, -0.25) is 0 Å². The lowest BCUT2D eigenvalue weighted by atomic mass is 9.88. The van der Waals surface area contributed by atoms with Crippen molar-refractivity contribution in [1.82, 2.24) is 4.31 Å². The second kappa shape index (κ2) is 6.09. The van der Waals surface area contributed by atoms with Crippen molar-refractivity contribution in [3.05, 3.63) is 12.1 Å². The summed E-state index contributed by atoms with van der Waals surface area (Å²) >= 11 is 1.25. The number of thiophene rings is 1. The van der Waals surface area contributed by atoms with E-state index in [2.05, 4.69) is 6.92 Å². The predicted molar refractivity (Wildman–Crippen MR) is 97.2 cm³/mol. The third-order valence-corrected chi connectivity index (χ3v) is 8.74. The minimum absolute atomic E-state index is 0.376. The Labute approximate surface area is 149 Å². The molecular formula is C16H26BNO4S2. The first-order valence-corrected chi connectivity index (χ1v) is 10.7. The topological polar surface area (TPSA) is 55.8 Å². The molecule has 5 nitrogen and oxygen atoms in total. The van der Waals surface area contributed by atoms with Gasteiger partial charge in [-0.25, -0.2) is 8.42 Å². The van der Waals surface area contributed by atoms with Gasteiger partial charge >= 0.3 is 7.12 Å². The van der Waals surface area contributed by atoms with Crippen LogP contribution in [0.2, 0.25) is 0 Å². The van der Waals surface area contributed by atoms with Crippen molar-refractivity contribution >= 4 is 33.3 Å². The molecule has 0 aliphatic carbocycles. The van der Waals surface area contributed by atoms with Crippen molar-refractivity contribution in [3.8, 4) is 0 Å². The average molecular weight is 371 g/mol. The van der Waals surface area contributed by atoms with Crippen molar-refractivity contribution in [1.29, 1.82) is 0 Å². The molecule has 8 heteroatoms. The molecule has 3 heterocycles.